The molecule has 0 saturated carbocycles. The van der Waals surface area contributed by atoms with E-state index in [-0.39, 0.29) is 16.7 Å². The van der Waals surface area contributed by atoms with E-state index >= 15 is 0 Å². The molecular weight excluding hydrogens is 383 g/mol. The molecule has 0 fully saturated rings. The first kappa shape index (κ1) is 20.4. The second kappa shape index (κ2) is 8.21. The molecule has 0 aromatic heterocycles. The molecule has 0 heterocycles. The first-order chi connectivity index (χ1) is 12.5. The average molecular weight is 399 g/mol. The molecule has 0 aliphatic rings. The van der Waals surface area contributed by atoms with Crippen LogP contribution in [0.15, 0.2) is 47.4 Å². The fourth-order valence-electron chi connectivity index (χ4n) is 1.99. The molecule has 0 atom stereocenters. The summed E-state index contributed by atoms with van der Waals surface area (Å²) in [5.41, 5.74) is 1.77. The highest BCUT2D eigenvalue weighted by Gasteiger charge is 2.29. The number of primary amides is 1. The lowest BCUT2D eigenvalue weighted by atomic mass is 10.2. The Morgan fingerprint density at radius 1 is 1.15 bits per heavy atom. The minimum absolute atomic E-state index is 0.0585. The van der Waals surface area contributed by atoms with Gasteiger partial charge in [0.05, 0.1) is 0 Å². The van der Waals surface area contributed by atoms with E-state index in [1.54, 1.807) is 25.1 Å². The number of thioether (sulfide) groups is 1. The number of ether oxygens (including phenoxy) is 1. The maximum Gasteiger partial charge on any atom is 0.446 e. The van der Waals surface area contributed by atoms with Gasteiger partial charge in [-0.15, -0.1) is 0 Å². The van der Waals surface area contributed by atoms with Crippen LogP contribution in [0.4, 0.5) is 28.4 Å². The lowest BCUT2D eigenvalue weighted by Crippen LogP contribution is -2.40. The van der Waals surface area contributed by atoms with Gasteiger partial charge in [0.15, 0.2) is 0 Å². The Bertz CT molecular complexity index is 842. The van der Waals surface area contributed by atoms with Crippen molar-refractivity contribution in [2.45, 2.75) is 17.3 Å². The van der Waals surface area contributed by atoms with Gasteiger partial charge in [-0.2, -0.15) is 13.2 Å². The standard InChI is InChI=1S/C17H16F3N3O3S/c1-10-9-11(22-16(25)23(2)15(21)24)3-8-14(10)26-12-4-6-13(7-5-12)27-17(18,19)20/h3-9H,1-2H3,(H2,21,24)(H,22,25). The Kier molecular flexibility index (Phi) is 6.21. The van der Waals surface area contributed by atoms with Crippen LogP contribution < -0.4 is 15.8 Å². The van der Waals surface area contributed by atoms with Crippen LogP contribution in [0.25, 0.3) is 0 Å². The highest BCUT2D eigenvalue weighted by molar-refractivity contribution is 8.00. The second-order valence-electron chi connectivity index (χ2n) is 5.43. The molecule has 144 valence electrons. The summed E-state index contributed by atoms with van der Waals surface area (Å²) in [5.74, 6) is 0.836. The van der Waals surface area contributed by atoms with Crippen molar-refractivity contribution in [3.05, 3.63) is 48.0 Å². The third-order valence-electron chi connectivity index (χ3n) is 3.35. The number of urea groups is 2. The number of anilines is 1. The Morgan fingerprint density at radius 2 is 1.78 bits per heavy atom. The molecule has 3 N–H and O–H groups in total. The van der Waals surface area contributed by atoms with Crippen LogP contribution in [-0.4, -0.2) is 29.5 Å². The van der Waals surface area contributed by atoms with E-state index in [9.17, 15) is 22.8 Å². The molecular formula is C17H16F3N3O3S. The van der Waals surface area contributed by atoms with Crippen LogP contribution in [0.3, 0.4) is 0 Å². The number of nitrogens with one attached hydrogen (secondary N) is 1. The smallest absolute Gasteiger partial charge is 0.446 e. The second-order valence-corrected chi connectivity index (χ2v) is 6.57. The summed E-state index contributed by atoms with van der Waals surface area (Å²) in [6, 6.07) is 8.70. The minimum atomic E-state index is -4.35. The number of amides is 4. The zero-order valence-electron chi connectivity index (χ0n) is 14.3. The predicted octanol–water partition coefficient (Wildman–Crippen LogP) is 4.94. The Morgan fingerprint density at radius 3 is 2.30 bits per heavy atom. The zero-order valence-corrected chi connectivity index (χ0v) is 15.1. The molecule has 27 heavy (non-hydrogen) atoms. The summed E-state index contributed by atoms with van der Waals surface area (Å²) < 4.78 is 42.7. The zero-order chi connectivity index (χ0) is 20.2. The molecule has 10 heteroatoms. The van der Waals surface area contributed by atoms with Gasteiger partial charge in [-0.1, -0.05) is 0 Å². The number of aryl methyl sites for hydroxylation is 1. The maximum absolute atomic E-state index is 12.3. The first-order valence-corrected chi connectivity index (χ1v) is 8.35. The van der Waals surface area contributed by atoms with Crippen molar-refractivity contribution in [3.63, 3.8) is 0 Å². The number of benzene rings is 2. The maximum atomic E-state index is 12.3. The normalized spacial score (nSPS) is 11.0. The van der Waals surface area contributed by atoms with Gasteiger partial charge in [0, 0.05) is 17.6 Å². The molecule has 2 aromatic rings. The Labute approximate surface area is 157 Å². The molecule has 0 saturated heterocycles. The van der Waals surface area contributed by atoms with Crippen molar-refractivity contribution in [1.29, 1.82) is 0 Å². The SMILES string of the molecule is Cc1cc(NC(=O)N(C)C(N)=O)ccc1Oc1ccc(SC(F)(F)F)cc1. The van der Waals surface area contributed by atoms with E-state index in [4.69, 9.17) is 10.5 Å². The minimum Gasteiger partial charge on any atom is -0.457 e. The first-order valence-electron chi connectivity index (χ1n) is 7.53. The van der Waals surface area contributed by atoms with Gasteiger partial charge in [-0.25, -0.2) is 14.5 Å². The van der Waals surface area contributed by atoms with Crippen LogP contribution >= 0.6 is 11.8 Å². The number of carbonyl (C=O) groups is 2. The number of imide groups is 1. The number of rotatable bonds is 4. The number of hydrogen-bond donors (Lipinski definition) is 2. The van der Waals surface area contributed by atoms with E-state index < -0.39 is 17.6 Å². The van der Waals surface area contributed by atoms with Gasteiger partial charge in [0.1, 0.15) is 11.5 Å². The summed E-state index contributed by atoms with van der Waals surface area (Å²) in [6.07, 6.45) is 0. The summed E-state index contributed by atoms with van der Waals surface area (Å²) in [4.78, 5) is 23.5. The van der Waals surface area contributed by atoms with Crippen molar-refractivity contribution in [2.24, 2.45) is 5.73 Å². The summed E-state index contributed by atoms with van der Waals surface area (Å²) in [5, 5.41) is 2.51. The van der Waals surface area contributed by atoms with Crippen molar-refractivity contribution in [3.8, 4) is 11.5 Å². The molecule has 0 aliphatic carbocycles. The molecule has 0 aliphatic heterocycles. The molecule has 0 radical (unpaired) electrons. The number of halogens is 3. The third kappa shape index (κ3) is 6.10. The van der Waals surface area contributed by atoms with Crippen LogP contribution in [0.1, 0.15) is 5.56 Å². The van der Waals surface area contributed by atoms with Gasteiger partial charge in [-0.3, -0.25) is 0 Å². The van der Waals surface area contributed by atoms with E-state index in [0.717, 1.165) is 4.90 Å². The van der Waals surface area contributed by atoms with E-state index in [0.29, 0.717) is 22.7 Å². The third-order valence-corrected chi connectivity index (χ3v) is 4.09. The molecule has 0 unspecified atom stereocenters. The Balaban J connectivity index is 2.05. The lowest BCUT2D eigenvalue weighted by Gasteiger charge is -2.15. The molecule has 4 amide bonds. The van der Waals surface area contributed by atoms with Gasteiger partial charge < -0.3 is 15.8 Å². The lowest BCUT2D eigenvalue weighted by molar-refractivity contribution is -0.0328. The monoisotopic (exact) mass is 399 g/mol. The predicted molar refractivity (Wildman–Crippen MR) is 96.0 cm³/mol. The van der Waals surface area contributed by atoms with Gasteiger partial charge >= 0.3 is 17.6 Å². The number of hydrogen-bond acceptors (Lipinski definition) is 4. The van der Waals surface area contributed by atoms with E-state index in [1.807, 2.05) is 0 Å². The van der Waals surface area contributed by atoms with Gasteiger partial charge in [0.25, 0.3) is 0 Å². The summed E-state index contributed by atoms with van der Waals surface area (Å²) in [6.45, 7) is 1.73. The highest BCUT2D eigenvalue weighted by Crippen LogP contribution is 2.37. The fourth-order valence-corrected chi connectivity index (χ4v) is 2.52. The average Bonchev–Trinajstić information content (AvgIpc) is 2.56. The molecule has 6 nitrogen and oxygen atoms in total. The van der Waals surface area contributed by atoms with Crippen LogP contribution in [-0.2, 0) is 0 Å². The number of alkyl halides is 3. The van der Waals surface area contributed by atoms with Gasteiger partial charge in [-0.05, 0) is 66.7 Å². The summed E-state index contributed by atoms with van der Waals surface area (Å²) >= 11 is -0.202. The van der Waals surface area contributed by atoms with Crippen molar-refractivity contribution < 1.29 is 27.5 Å². The number of nitrogens with zero attached hydrogens (tertiary/aromatic N) is 1. The number of carbonyl (C=O) groups excluding carboxylic acids is 2. The van der Waals surface area contributed by atoms with Crippen molar-refractivity contribution in [2.75, 3.05) is 12.4 Å². The Hall–Kier alpha value is -2.88. The van der Waals surface area contributed by atoms with Crippen LogP contribution in [0, 0.1) is 6.92 Å². The highest BCUT2D eigenvalue weighted by atomic mass is 32.2. The van der Waals surface area contributed by atoms with Crippen molar-refractivity contribution >= 4 is 29.5 Å². The largest absolute Gasteiger partial charge is 0.457 e. The molecule has 0 bridgehead atoms. The topological polar surface area (TPSA) is 84.7 Å². The molecule has 0 spiro atoms. The van der Waals surface area contributed by atoms with E-state index in [1.165, 1.54) is 31.3 Å². The number of nitrogens with two attached hydrogens (primary N) is 1. The fraction of sp³-hybridized carbons (Fsp3) is 0.176. The van der Waals surface area contributed by atoms with Crippen LogP contribution in [0.2, 0.25) is 0 Å². The molecule has 2 aromatic carbocycles. The van der Waals surface area contributed by atoms with E-state index in [2.05, 4.69) is 5.32 Å². The molecule has 2 rings (SSSR count). The van der Waals surface area contributed by atoms with Gasteiger partial charge in [0.2, 0.25) is 0 Å². The summed E-state index contributed by atoms with van der Waals surface area (Å²) in [7, 11) is 1.24. The van der Waals surface area contributed by atoms with Crippen molar-refractivity contribution in [1.82, 2.24) is 4.90 Å². The van der Waals surface area contributed by atoms with Crippen LogP contribution in [0.5, 0.6) is 11.5 Å². The quantitative estimate of drug-likeness (QED) is 0.713.